The number of ether oxygens (including phenoxy) is 3. The summed E-state index contributed by atoms with van der Waals surface area (Å²) in [7, 11) is 0. The van der Waals surface area contributed by atoms with E-state index in [-0.39, 0.29) is 0 Å². The van der Waals surface area contributed by atoms with E-state index < -0.39 is 0 Å². The minimum atomic E-state index is 0.683. The molecule has 0 aromatic rings. The molecule has 1 saturated heterocycles. The molecule has 0 N–H and O–H groups in total. The van der Waals surface area contributed by atoms with E-state index in [1.165, 1.54) is 30.8 Å². The van der Waals surface area contributed by atoms with Gasteiger partial charge in [-0.25, -0.2) is 0 Å². The molecule has 18 heavy (non-hydrogen) atoms. The van der Waals surface area contributed by atoms with E-state index >= 15 is 0 Å². The molecule has 1 rings (SSSR count). The van der Waals surface area contributed by atoms with Crippen LogP contribution < -0.4 is 0 Å². The first-order chi connectivity index (χ1) is 9.00. The molecule has 0 aromatic carbocycles. The van der Waals surface area contributed by atoms with Gasteiger partial charge in [0.2, 0.25) is 0 Å². The van der Waals surface area contributed by atoms with Crippen LogP contribution in [0.5, 0.6) is 0 Å². The van der Waals surface area contributed by atoms with Gasteiger partial charge in [0.05, 0.1) is 39.6 Å². The molecule has 1 fully saturated rings. The summed E-state index contributed by atoms with van der Waals surface area (Å²) in [6.45, 7) is 4.47. The zero-order chi connectivity index (χ0) is 12.7. The normalized spacial score (nSPS) is 24.0. The molecule has 0 unspecified atom stereocenters. The third-order valence-electron chi connectivity index (χ3n) is 2.57. The number of thioether (sulfide) groups is 2. The lowest BCUT2D eigenvalue weighted by atomic mass is 10.3. The van der Waals surface area contributed by atoms with Gasteiger partial charge in [-0.3, -0.25) is 0 Å². The van der Waals surface area contributed by atoms with Crippen molar-refractivity contribution in [2.75, 3.05) is 62.7 Å². The molecule has 0 atom stereocenters. The van der Waals surface area contributed by atoms with Crippen molar-refractivity contribution in [3.05, 3.63) is 0 Å². The Balaban J connectivity index is 2.00. The SMILES string of the molecule is C1CCSCCOCCOCCOCCSCC1. The Labute approximate surface area is 120 Å². The van der Waals surface area contributed by atoms with E-state index in [9.17, 15) is 0 Å². The van der Waals surface area contributed by atoms with Gasteiger partial charge in [-0.2, -0.15) is 23.5 Å². The Bertz CT molecular complexity index is 95.3. The zero-order valence-corrected chi connectivity index (χ0v) is 12.9. The molecule has 5 heteroatoms. The Morgan fingerprint density at radius 1 is 0.444 bits per heavy atom. The van der Waals surface area contributed by atoms with Crippen LogP contribution in [-0.4, -0.2) is 62.7 Å². The first-order valence-corrected chi connectivity index (χ1v) is 9.20. The van der Waals surface area contributed by atoms with Crippen LogP contribution in [0.4, 0.5) is 0 Å². The monoisotopic (exact) mass is 294 g/mol. The van der Waals surface area contributed by atoms with E-state index in [0.717, 1.165) is 24.7 Å². The maximum absolute atomic E-state index is 5.49. The van der Waals surface area contributed by atoms with Crippen LogP contribution in [0.1, 0.15) is 19.3 Å². The van der Waals surface area contributed by atoms with Crippen LogP contribution >= 0.6 is 23.5 Å². The summed E-state index contributed by atoms with van der Waals surface area (Å²) in [5, 5.41) is 0. The summed E-state index contributed by atoms with van der Waals surface area (Å²) in [6, 6.07) is 0. The number of hydrogen-bond donors (Lipinski definition) is 0. The van der Waals surface area contributed by atoms with Gasteiger partial charge in [0, 0.05) is 11.5 Å². The Morgan fingerprint density at radius 2 is 0.889 bits per heavy atom. The summed E-state index contributed by atoms with van der Waals surface area (Å²) >= 11 is 4.01. The first-order valence-electron chi connectivity index (χ1n) is 6.89. The zero-order valence-electron chi connectivity index (χ0n) is 11.2. The lowest BCUT2D eigenvalue weighted by molar-refractivity contribution is 0.0205. The molecule has 0 aliphatic carbocycles. The van der Waals surface area contributed by atoms with E-state index in [1.54, 1.807) is 0 Å². The van der Waals surface area contributed by atoms with Crippen LogP contribution in [0.25, 0.3) is 0 Å². The fourth-order valence-electron chi connectivity index (χ4n) is 1.57. The molecule has 0 saturated carbocycles. The summed E-state index contributed by atoms with van der Waals surface area (Å²) in [5.41, 5.74) is 0. The van der Waals surface area contributed by atoms with Gasteiger partial charge >= 0.3 is 0 Å². The Hall–Kier alpha value is 0.580. The smallest absolute Gasteiger partial charge is 0.0701 e. The molecule has 1 heterocycles. The average Bonchev–Trinajstić information content (AvgIpc) is 2.39. The summed E-state index contributed by atoms with van der Waals surface area (Å²) in [4.78, 5) is 0. The molecule has 0 amide bonds. The molecule has 108 valence electrons. The predicted octanol–water partition coefficient (Wildman–Crippen LogP) is 2.69. The average molecular weight is 294 g/mol. The van der Waals surface area contributed by atoms with Gasteiger partial charge in [0.15, 0.2) is 0 Å². The molecule has 0 aromatic heterocycles. The molecule has 0 spiro atoms. The summed E-state index contributed by atoms with van der Waals surface area (Å²) in [6.07, 6.45) is 4.03. The Kier molecular flexibility index (Phi) is 12.9. The maximum atomic E-state index is 5.49. The topological polar surface area (TPSA) is 27.7 Å². The van der Waals surface area contributed by atoms with Crippen molar-refractivity contribution in [3.8, 4) is 0 Å². The summed E-state index contributed by atoms with van der Waals surface area (Å²) < 4.78 is 16.4. The molecule has 3 nitrogen and oxygen atoms in total. The molecule has 0 bridgehead atoms. The fraction of sp³-hybridized carbons (Fsp3) is 1.00. The predicted molar refractivity (Wildman–Crippen MR) is 81.0 cm³/mol. The van der Waals surface area contributed by atoms with Gasteiger partial charge < -0.3 is 14.2 Å². The minimum Gasteiger partial charge on any atom is -0.378 e. The van der Waals surface area contributed by atoms with Crippen molar-refractivity contribution < 1.29 is 14.2 Å². The van der Waals surface area contributed by atoms with Gasteiger partial charge in [-0.05, 0) is 24.3 Å². The van der Waals surface area contributed by atoms with Crippen LogP contribution in [-0.2, 0) is 14.2 Å². The maximum Gasteiger partial charge on any atom is 0.0701 e. The molecule has 1 aliphatic heterocycles. The van der Waals surface area contributed by atoms with Crippen LogP contribution in [0.2, 0.25) is 0 Å². The van der Waals surface area contributed by atoms with Gasteiger partial charge in [0.1, 0.15) is 0 Å². The van der Waals surface area contributed by atoms with Gasteiger partial charge in [0.25, 0.3) is 0 Å². The third-order valence-corrected chi connectivity index (χ3v) is 4.63. The highest BCUT2D eigenvalue weighted by Gasteiger charge is 1.96. The van der Waals surface area contributed by atoms with E-state index in [0.29, 0.717) is 26.4 Å². The van der Waals surface area contributed by atoms with Crippen molar-refractivity contribution >= 4 is 23.5 Å². The summed E-state index contributed by atoms with van der Waals surface area (Å²) in [5.74, 6) is 4.76. The van der Waals surface area contributed by atoms with Crippen LogP contribution in [0.15, 0.2) is 0 Å². The standard InChI is InChI=1S/C13H26O3S2/c1-2-10-17-12-8-15-6-4-14-5-7-16-9-13-18-11-3-1/h1-13H2. The van der Waals surface area contributed by atoms with Crippen LogP contribution in [0.3, 0.4) is 0 Å². The highest BCUT2D eigenvalue weighted by atomic mass is 32.2. The quantitative estimate of drug-likeness (QED) is 0.685. The lowest BCUT2D eigenvalue weighted by Crippen LogP contribution is -2.11. The van der Waals surface area contributed by atoms with E-state index in [1.807, 2.05) is 23.5 Å². The lowest BCUT2D eigenvalue weighted by Gasteiger charge is -2.08. The minimum absolute atomic E-state index is 0.683. The number of hydrogen-bond acceptors (Lipinski definition) is 5. The third kappa shape index (κ3) is 11.7. The molecular formula is C13H26O3S2. The largest absolute Gasteiger partial charge is 0.378 e. The van der Waals surface area contributed by atoms with E-state index in [2.05, 4.69) is 0 Å². The van der Waals surface area contributed by atoms with Crippen molar-refractivity contribution in [2.45, 2.75) is 19.3 Å². The molecular weight excluding hydrogens is 268 g/mol. The first kappa shape index (κ1) is 16.6. The van der Waals surface area contributed by atoms with Crippen molar-refractivity contribution in [1.29, 1.82) is 0 Å². The fourth-order valence-corrected chi connectivity index (χ4v) is 3.26. The highest BCUT2D eigenvalue weighted by Crippen LogP contribution is 2.10. The Morgan fingerprint density at radius 3 is 1.39 bits per heavy atom. The van der Waals surface area contributed by atoms with Crippen molar-refractivity contribution in [3.63, 3.8) is 0 Å². The van der Waals surface area contributed by atoms with Gasteiger partial charge in [-0.1, -0.05) is 6.42 Å². The van der Waals surface area contributed by atoms with E-state index in [4.69, 9.17) is 14.2 Å². The highest BCUT2D eigenvalue weighted by molar-refractivity contribution is 7.99. The second kappa shape index (κ2) is 14.0. The number of rotatable bonds is 0. The van der Waals surface area contributed by atoms with Crippen molar-refractivity contribution in [1.82, 2.24) is 0 Å². The van der Waals surface area contributed by atoms with Crippen LogP contribution in [0, 0.1) is 0 Å². The second-order valence-electron chi connectivity index (χ2n) is 4.12. The molecule has 1 aliphatic rings. The second-order valence-corrected chi connectivity index (χ2v) is 6.57. The van der Waals surface area contributed by atoms with Gasteiger partial charge in [-0.15, -0.1) is 0 Å². The van der Waals surface area contributed by atoms with Crippen molar-refractivity contribution in [2.24, 2.45) is 0 Å². The molecule has 0 radical (unpaired) electrons.